The third kappa shape index (κ3) is 5.53. The molecule has 1 atom stereocenters. The average molecular weight is 552 g/mol. The van der Waals surface area contributed by atoms with Crippen LogP contribution < -0.4 is 15.1 Å². The van der Waals surface area contributed by atoms with E-state index < -0.39 is 27.7 Å². The van der Waals surface area contributed by atoms with Gasteiger partial charge in [0.25, 0.3) is 0 Å². The fraction of sp³-hybridized carbons (Fsp3) is 0.241. The lowest BCUT2D eigenvalue weighted by molar-refractivity contribution is -0.136. The van der Waals surface area contributed by atoms with E-state index in [0.29, 0.717) is 17.4 Å². The summed E-state index contributed by atoms with van der Waals surface area (Å²) in [6, 6.07) is 17.1. The maximum Gasteiger partial charge on any atom is 0.339 e. The van der Waals surface area contributed by atoms with Crippen molar-refractivity contribution in [2.24, 2.45) is 0 Å². The molecule has 0 unspecified atom stereocenters. The molecule has 38 heavy (non-hydrogen) atoms. The van der Waals surface area contributed by atoms with Crippen molar-refractivity contribution in [2.45, 2.75) is 50.0 Å². The number of halogens is 1. The van der Waals surface area contributed by atoms with Gasteiger partial charge in [0.1, 0.15) is 11.6 Å². The molecular formula is C29H26ClNO6S. The second-order valence-corrected chi connectivity index (χ2v) is 11.6. The summed E-state index contributed by atoms with van der Waals surface area (Å²) in [5.74, 6) is -0.859. The highest BCUT2D eigenvalue weighted by Crippen LogP contribution is 2.34. The first kappa shape index (κ1) is 26.2. The first-order valence-corrected chi connectivity index (χ1v) is 14.2. The molecule has 0 saturated heterocycles. The van der Waals surface area contributed by atoms with Gasteiger partial charge in [0, 0.05) is 17.0 Å². The van der Waals surface area contributed by atoms with Crippen LogP contribution in [0.15, 0.2) is 80.8 Å². The molecule has 1 aliphatic carbocycles. The van der Waals surface area contributed by atoms with E-state index in [-0.39, 0.29) is 27.7 Å². The number of fused-ring (bicyclic) bond motifs is 3. The highest BCUT2D eigenvalue weighted by molar-refractivity contribution is 7.89. The van der Waals surface area contributed by atoms with E-state index in [4.69, 9.17) is 20.8 Å². The number of benzene rings is 3. The fourth-order valence-electron chi connectivity index (χ4n) is 4.70. The number of sulfonamides is 1. The molecule has 5 rings (SSSR count). The molecule has 4 aromatic rings. The quantitative estimate of drug-likeness (QED) is 0.194. The maximum absolute atomic E-state index is 13.4. The molecule has 3 aromatic carbocycles. The Morgan fingerprint density at radius 2 is 1.71 bits per heavy atom. The molecule has 0 amide bonds. The van der Waals surface area contributed by atoms with Crippen LogP contribution in [0.4, 0.5) is 0 Å². The zero-order valence-corrected chi connectivity index (χ0v) is 22.3. The van der Waals surface area contributed by atoms with Crippen LogP contribution in [0.25, 0.3) is 11.0 Å². The van der Waals surface area contributed by atoms with E-state index in [0.717, 1.165) is 36.0 Å². The highest BCUT2D eigenvalue weighted by Gasteiger charge is 2.29. The molecule has 0 radical (unpaired) electrons. The van der Waals surface area contributed by atoms with E-state index >= 15 is 0 Å². The second kappa shape index (κ2) is 10.7. The molecular weight excluding hydrogens is 526 g/mol. The summed E-state index contributed by atoms with van der Waals surface area (Å²) in [6.45, 7) is 1.85. The van der Waals surface area contributed by atoms with Gasteiger partial charge in [0.05, 0.1) is 9.92 Å². The molecule has 7 nitrogen and oxygen atoms in total. The molecule has 9 heteroatoms. The van der Waals surface area contributed by atoms with Crippen molar-refractivity contribution in [3.63, 3.8) is 0 Å². The van der Waals surface area contributed by atoms with Crippen molar-refractivity contribution < 1.29 is 22.4 Å². The van der Waals surface area contributed by atoms with Crippen LogP contribution in [0.3, 0.4) is 0 Å². The van der Waals surface area contributed by atoms with Crippen molar-refractivity contribution in [3.05, 3.63) is 104 Å². The first-order chi connectivity index (χ1) is 18.2. The van der Waals surface area contributed by atoms with Gasteiger partial charge < -0.3 is 9.15 Å². The van der Waals surface area contributed by atoms with Gasteiger partial charge in [-0.15, -0.1) is 0 Å². The van der Waals surface area contributed by atoms with Crippen molar-refractivity contribution in [1.82, 2.24) is 4.72 Å². The smallest absolute Gasteiger partial charge is 0.339 e. The van der Waals surface area contributed by atoms with Crippen molar-refractivity contribution in [1.29, 1.82) is 0 Å². The summed E-state index contributed by atoms with van der Waals surface area (Å²) in [5, 5.41) is 0.873. The Morgan fingerprint density at radius 1 is 1.03 bits per heavy atom. The Hall–Kier alpha value is -3.46. The molecule has 1 aliphatic rings. The number of aryl methyl sites for hydroxylation is 2. The lowest BCUT2D eigenvalue weighted by Gasteiger charge is -2.19. The number of carbonyl (C=O) groups excluding carboxylic acids is 1. The Bertz CT molecular complexity index is 1660. The fourth-order valence-corrected chi connectivity index (χ4v) is 6.08. The van der Waals surface area contributed by atoms with Gasteiger partial charge in [-0.3, -0.25) is 0 Å². The third-order valence-corrected chi connectivity index (χ3v) is 8.47. The molecule has 1 heterocycles. The molecule has 0 saturated carbocycles. The van der Waals surface area contributed by atoms with Gasteiger partial charge >= 0.3 is 11.6 Å². The van der Waals surface area contributed by atoms with Crippen LogP contribution >= 0.6 is 11.6 Å². The Morgan fingerprint density at radius 3 is 2.42 bits per heavy atom. The summed E-state index contributed by atoms with van der Waals surface area (Å²) in [6.07, 6.45) is 3.34. The van der Waals surface area contributed by atoms with Crippen molar-refractivity contribution in [2.75, 3.05) is 0 Å². The van der Waals surface area contributed by atoms with Gasteiger partial charge in [-0.1, -0.05) is 59.6 Å². The molecule has 0 fully saturated rings. The van der Waals surface area contributed by atoms with Crippen LogP contribution in [0, 0.1) is 6.92 Å². The predicted molar refractivity (Wildman–Crippen MR) is 145 cm³/mol. The SMILES string of the molecule is Cc1ccc(S(=O)(=O)N[C@H](Cc2ccccc2)C(=O)Oc2cc3oc(=O)c4c(c3cc2Cl)CCCC4)cc1. The van der Waals surface area contributed by atoms with Gasteiger partial charge in [-0.2, -0.15) is 4.72 Å². The highest BCUT2D eigenvalue weighted by atomic mass is 35.5. The number of nitrogens with one attached hydrogen (secondary N) is 1. The lowest BCUT2D eigenvalue weighted by atomic mass is 9.90. The Balaban J connectivity index is 1.47. The topological polar surface area (TPSA) is 103 Å². The van der Waals surface area contributed by atoms with E-state index in [2.05, 4.69) is 4.72 Å². The van der Waals surface area contributed by atoms with Crippen molar-refractivity contribution in [3.8, 4) is 5.75 Å². The molecule has 1 N–H and O–H groups in total. The number of hydrogen-bond acceptors (Lipinski definition) is 6. The van der Waals surface area contributed by atoms with Gasteiger partial charge in [-0.05, 0) is 68.4 Å². The van der Waals surface area contributed by atoms with Gasteiger partial charge in [-0.25, -0.2) is 18.0 Å². The van der Waals surface area contributed by atoms with Crippen LogP contribution in [-0.2, 0) is 34.1 Å². The number of carbonyl (C=O) groups is 1. The normalized spacial score (nSPS) is 14.2. The minimum atomic E-state index is -4.04. The summed E-state index contributed by atoms with van der Waals surface area (Å²) in [5.41, 5.74) is 3.08. The van der Waals surface area contributed by atoms with E-state index in [9.17, 15) is 18.0 Å². The number of hydrogen-bond donors (Lipinski definition) is 1. The van der Waals surface area contributed by atoms with Gasteiger partial charge in [0.2, 0.25) is 10.0 Å². The lowest BCUT2D eigenvalue weighted by Crippen LogP contribution is -2.44. The minimum Gasteiger partial charge on any atom is -0.424 e. The zero-order valence-electron chi connectivity index (χ0n) is 20.7. The van der Waals surface area contributed by atoms with Crippen molar-refractivity contribution >= 4 is 38.6 Å². The van der Waals surface area contributed by atoms with E-state index in [1.807, 2.05) is 13.0 Å². The second-order valence-electron chi connectivity index (χ2n) is 9.43. The Labute approximate surface area is 225 Å². The average Bonchev–Trinajstić information content (AvgIpc) is 2.90. The van der Waals surface area contributed by atoms with Gasteiger partial charge in [0.15, 0.2) is 5.75 Å². The third-order valence-electron chi connectivity index (χ3n) is 6.68. The van der Waals surface area contributed by atoms with Crippen LogP contribution in [0.2, 0.25) is 5.02 Å². The van der Waals surface area contributed by atoms with Crippen LogP contribution in [0.5, 0.6) is 5.75 Å². The largest absolute Gasteiger partial charge is 0.424 e. The first-order valence-electron chi connectivity index (χ1n) is 12.3. The molecule has 1 aromatic heterocycles. The molecule has 0 spiro atoms. The minimum absolute atomic E-state index is 0.0179. The molecule has 0 aliphatic heterocycles. The van der Waals surface area contributed by atoms with E-state index in [1.54, 1.807) is 42.5 Å². The summed E-state index contributed by atoms with van der Waals surface area (Å²) in [4.78, 5) is 25.9. The standard InChI is InChI=1S/C29H26ClNO6S/c1-18-11-13-20(14-12-18)38(34,35)31-25(15-19-7-3-2-4-8-19)29(33)37-27-17-26-23(16-24(27)30)21-9-5-6-10-22(21)28(32)36-26/h2-4,7-8,11-14,16-17,25,31H,5-6,9-10,15H2,1H3/t25-/m1/s1. The molecule has 196 valence electrons. The number of esters is 1. The monoisotopic (exact) mass is 551 g/mol. The van der Waals surface area contributed by atoms with E-state index in [1.165, 1.54) is 18.2 Å². The summed E-state index contributed by atoms with van der Waals surface area (Å²) in [7, 11) is -4.04. The van der Waals surface area contributed by atoms with Crippen LogP contribution in [-0.4, -0.2) is 20.4 Å². The Kier molecular flexibility index (Phi) is 7.38. The molecule has 0 bridgehead atoms. The zero-order chi connectivity index (χ0) is 26.9. The maximum atomic E-state index is 13.4. The number of ether oxygens (including phenoxy) is 1. The van der Waals surface area contributed by atoms with Crippen LogP contribution in [0.1, 0.15) is 35.1 Å². The number of rotatable bonds is 7. The summed E-state index contributed by atoms with van der Waals surface area (Å²) >= 11 is 6.50. The predicted octanol–water partition coefficient (Wildman–Crippen LogP) is 5.13. The summed E-state index contributed by atoms with van der Waals surface area (Å²) < 4.78 is 39.9.